The van der Waals surface area contributed by atoms with Crippen molar-refractivity contribution in [1.82, 2.24) is 4.90 Å². The Labute approximate surface area is 129 Å². The van der Waals surface area contributed by atoms with Gasteiger partial charge in [-0.3, -0.25) is 0 Å². The Morgan fingerprint density at radius 2 is 0.731 bits per heavy atom. The van der Waals surface area contributed by atoms with Gasteiger partial charge in [-0.1, -0.05) is 0 Å². The summed E-state index contributed by atoms with van der Waals surface area (Å²) in [4.78, 5) is -4.54. The minimum Gasteiger partial charge on any atom is -0.192 e. The molecule has 0 aromatic rings. The minimum atomic E-state index is -8.22. The summed E-state index contributed by atoms with van der Waals surface area (Å²) in [7, 11) is 0. The van der Waals surface area contributed by atoms with Gasteiger partial charge in [-0.25, -0.2) is 0 Å². The number of halogens is 17. The van der Waals surface area contributed by atoms with E-state index in [2.05, 4.69) is 0 Å². The molecule has 1 rings (SSSR count). The molecule has 0 aliphatic carbocycles. The van der Waals surface area contributed by atoms with E-state index in [1.165, 1.54) is 0 Å². The summed E-state index contributed by atoms with van der Waals surface area (Å²) >= 11 is 0. The van der Waals surface area contributed by atoms with Gasteiger partial charge >= 0.3 is 48.0 Å². The van der Waals surface area contributed by atoms with Crippen LogP contribution in [-0.4, -0.2) is 52.9 Å². The molecule has 0 radical (unpaired) electrons. The summed E-state index contributed by atoms with van der Waals surface area (Å²) in [5.41, 5.74) is 0. The normalized spacial score (nSPS) is 28.0. The van der Waals surface area contributed by atoms with Gasteiger partial charge in [-0.2, -0.15) is 74.6 Å². The Bertz CT molecular complexity index is 540. The van der Waals surface area contributed by atoms with Crippen molar-refractivity contribution >= 4 is 0 Å². The van der Waals surface area contributed by atoms with Crippen LogP contribution in [0.15, 0.2) is 0 Å². The van der Waals surface area contributed by atoms with Gasteiger partial charge in [0.15, 0.2) is 0 Å². The van der Waals surface area contributed by atoms with E-state index in [1.807, 2.05) is 0 Å². The summed E-state index contributed by atoms with van der Waals surface area (Å²) in [5, 5.41) is 0. The van der Waals surface area contributed by atoms with Crippen LogP contribution < -0.4 is 0 Å². The van der Waals surface area contributed by atoms with Crippen molar-refractivity contribution < 1.29 is 74.6 Å². The van der Waals surface area contributed by atoms with Crippen LogP contribution in [0.2, 0.25) is 0 Å². The number of hydrogen-bond donors (Lipinski definition) is 0. The fraction of sp³-hybridized carbons (Fsp3) is 1.00. The highest BCUT2D eigenvalue weighted by Crippen LogP contribution is 2.68. The van der Waals surface area contributed by atoms with Crippen LogP contribution in [0.25, 0.3) is 0 Å². The first-order valence-electron chi connectivity index (χ1n) is 5.38. The molecule has 0 spiro atoms. The topological polar surface area (TPSA) is 3.24 Å². The Hall–Kier alpha value is -1.23. The van der Waals surface area contributed by atoms with Crippen LogP contribution in [0.3, 0.4) is 0 Å². The second kappa shape index (κ2) is 4.98. The Balaban J connectivity index is 3.91. The highest BCUT2D eigenvalue weighted by Gasteiger charge is 2.99. The van der Waals surface area contributed by atoms with E-state index in [9.17, 15) is 74.6 Å². The van der Waals surface area contributed by atoms with E-state index < -0.39 is 52.9 Å². The fourth-order valence-electron chi connectivity index (χ4n) is 1.70. The molecule has 1 aliphatic rings. The summed E-state index contributed by atoms with van der Waals surface area (Å²) in [6.07, 6.45) is -7.72. The van der Waals surface area contributed by atoms with E-state index in [-0.39, 0.29) is 0 Å². The predicted octanol–water partition coefficient (Wildman–Crippen LogP) is 5.18. The van der Waals surface area contributed by atoms with Crippen LogP contribution in [0, 0.1) is 0 Å². The summed E-state index contributed by atoms with van der Waals surface area (Å²) < 4.78 is 216. The molecule has 1 heterocycles. The maximum absolute atomic E-state index is 13.1. The first-order valence-corrected chi connectivity index (χ1v) is 5.38. The Morgan fingerprint density at radius 3 is 0.962 bits per heavy atom. The molecule has 0 amide bonds. The first-order chi connectivity index (χ1) is 10.9. The number of rotatable bonds is 2. The van der Waals surface area contributed by atoms with E-state index in [4.69, 9.17) is 0 Å². The third-order valence-electron chi connectivity index (χ3n) is 3.12. The molecule has 1 saturated heterocycles. The van der Waals surface area contributed by atoms with Crippen LogP contribution in [0.5, 0.6) is 0 Å². The highest BCUT2D eigenvalue weighted by atomic mass is 19.4. The van der Waals surface area contributed by atoms with Gasteiger partial charge in [0.2, 0.25) is 0 Å². The molecule has 0 aromatic heterocycles. The lowest BCUT2D eigenvalue weighted by Crippen LogP contribution is -2.86. The highest BCUT2D eigenvalue weighted by molar-refractivity contribution is 5.17. The van der Waals surface area contributed by atoms with Gasteiger partial charge in [0.05, 0.1) is 0 Å². The average Bonchev–Trinajstić information content (AvgIpc) is 2.33. The standard InChI is InChI=1S/C8F17N/c9-1(10)2(11,12)6(20,21)26(7(22,23)3(1,13)14)8(24,25)4(15,16)5(17,18)19. The molecular weight excluding hydrogens is 433 g/mol. The van der Waals surface area contributed by atoms with Gasteiger partial charge in [0.1, 0.15) is 0 Å². The quantitative estimate of drug-likeness (QED) is 0.429. The molecule has 0 bridgehead atoms. The van der Waals surface area contributed by atoms with Gasteiger partial charge < -0.3 is 0 Å². The fourth-order valence-corrected chi connectivity index (χ4v) is 1.70. The maximum Gasteiger partial charge on any atom is 0.461 e. The molecule has 0 saturated carbocycles. The molecule has 0 aromatic carbocycles. The average molecular weight is 433 g/mol. The Morgan fingerprint density at radius 1 is 0.462 bits per heavy atom. The number of piperidine rings is 1. The van der Waals surface area contributed by atoms with Crippen molar-refractivity contribution in [3.05, 3.63) is 0 Å². The lowest BCUT2D eigenvalue weighted by atomic mass is 9.92. The van der Waals surface area contributed by atoms with Crippen LogP contribution >= 0.6 is 0 Å². The lowest BCUT2D eigenvalue weighted by Gasteiger charge is -2.53. The molecule has 1 nitrogen and oxygen atoms in total. The van der Waals surface area contributed by atoms with Crippen molar-refractivity contribution in [2.75, 3.05) is 0 Å². The van der Waals surface area contributed by atoms with E-state index >= 15 is 0 Å². The molecule has 0 N–H and O–H groups in total. The van der Waals surface area contributed by atoms with Crippen molar-refractivity contribution in [1.29, 1.82) is 0 Å². The van der Waals surface area contributed by atoms with Gasteiger partial charge in [0, 0.05) is 0 Å². The molecule has 18 heteroatoms. The minimum absolute atomic E-state index is 4.54. The molecular formula is C8F17N. The second-order valence-corrected chi connectivity index (χ2v) is 4.75. The van der Waals surface area contributed by atoms with Crippen molar-refractivity contribution in [3.8, 4) is 0 Å². The third kappa shape index (κ3) is 2.15. The second-order valence-electron chi connectivity index (χ2n) is 4.75. The predicted molar refractivity (Wildman–Crippen MR) is 42.5 cm³/mol. The van der Waals surface area contributed by atoms with Crippen LogP contribution in [0.1, 0.15) is 0 Å². The third-order valence-corrected chi connectivity index (χ3v) is 3.12. The molecule has 1 fully saturated rings. The monoisotopic (exact) mass is 433 g/mol. The zero-order chi connectivity index (χ0) is 21.6. The van der Waals surface area contributed by atoms with Crippen LogP contribution in [-0.2, 0) is 0 Å². The first kappa shape index (κ1) is 22.8. The van der Waals surface area contributed by atoms with E-state index in [0.29, 0.717) is 0 Å². The molecule has 0 atom stereocenters. The summed E-state index contributed by atoms with van der Waals surface area (Å²) in [6.45, 7) is 0. The largest absolute Gasteiger partial charge is 0.461 e. The number of likely N-dealkylation sites (tertiary alicyclic amines) is 1. The number of alkyl halides is 17. The molecule has 156 valence electrons. The molecule has 0 unspecified atom stereocenters. The number of hydrogen-bond acceptors (Lipinski definition) is 1. The summed E-state index contributed by atoms with van der Waals surface area (Å²) in [6, 6.07) is -24.2. The zero-order valence-electron chi connectivity index (χ0n) is 10.9. The van der Waals surface area contributed by atoms with Gasteiger partial charge in [-0.15, -0.1) is 4.90 Å². The van der Waals surface area contributed by atoms with Gasteiger partial charge in [0.25, 0.3) is 0 Å². The smallest absolute Gasteiger partial charge is 0.192 e. The van der Waals surface area contributed by atoms with Crippen molar-refractivity contribution in [2.24, 2.45) is 0 Å². The van der Waals surface area contributed by atoms with Crippen molar-refractivity contribution in [2.45, 2.75) is 48.0 Å². The lowest BCUT2D eigenvalue weighted by molar-refractivity contribution is -0.554. The van der Waals surface area contributed by atoms with E-state index in [1.54, 1.807) is 0 Å². The zero-order valence-corrected chi connectivity index (χ0v) is 10.9. The van der Waals surface area contributed by atoms with Crippen LogP contribution in [0.4, 0.5) is 74.6 Å². The molecule has 1 aliphatic heterocycles. The van der Waals surface area contributed by atoms with Crippen molar-refractivity contribution in [3.63, 3.8) is 0 Å². The Kier molecular flexibility index (Phi) is 4.36. The summed E-state index contributed by atoms with van der Waals surface area (Å²) in [5.74, 6) is -31.7. The van der Waals surface area contributed by atoms with Gasteiger partial charge in [-0.05, 0) is 0 Å². The number of nitrogens with zero attached hydrogens (tertiary/aromatic N) is 1. The molecule has 26 heavy (non-hydrogen) atoms. The van der Waals surface area contributed by atoms with E-state index in [0.717, 1.165) is 0 Å². The SMILES string of the molecule is FC(F)(F)C(F)(F)C(F)(F)N1C(F)(F)C(F)(F)C(F)(F)C(F)(F)C1(F)F. The maximum atomic E-state index is 13.1.